The largest absolute Gasteiger partial charge is 0.446 e. The molecule has 0 spiro atoms. The van der Waals surface area contributed by atoms with Gasteiger partial charge in [-0.1, -0.05) is 13.0 Å². The molecule has 0 radical (unpaired) electrons. The Bertz CT molecular complexity index is 800. The summed E-state index contributed by atoms with van der Waals surface area (Å²) in [4.78, 5) is 12.3. The van der Waals surface area contributed by atoms with Gasteiger partial charge in [0.25, 0.3) is 0 Å². The molecular formula is C18H22O5S. The van der Waals surface area contributed by atoms with Crippen LogP contribution in [0.15, 0.2) is 18.2 Å². The van der Waals surface area contributed by atoms with Crippen LogP contribution in [0.4, 0.5) is 0 Å². The van der Waals surface area contributed by atoms with Gasteiger partial charge in [-0.3, -0.25) is 9.35 Å². The van der Waals surface area contributed by atoms with Crippen LogP contribution in [-0.2, 0) is 21.6 Å². The minimum absolute atomic E-state index is 0.132. The Morgan fingerprint density at radius 2 is 2.00 bits per heavy atom. The summed E-state index contributed by atoms with van der Waals surface area (Å²) in [6, 6.07) is 5.28. The standard InChI is InChI=1S/C18H22O5S/c1-18-9-8-14-13-5-3-12(23-24(20,21)22)10-11(13)2-4-15(14)16(18)6-7-17(18)19/h3,5,10,14-16H,2,4,6-9H2,1H3,(H,20,21,22)/t14-,15-,16-,18+/m0/s1. The van der Waals surface area contributed by atoms with Crippen molar-refractivity contribution in [3.8, 4) is 5.75 Å². The fraction of sp³-hybridized carbons (Fsp3) is 0.611. The Labute approximate surface area is 142 Å². The summed E-state index contributed by atoms with van der Waals surface area (Å²) in [6.07, 6.45) is 5.57. The topological polar surface area (TPSA) is 80.7 Å². The molecule has 4 rings (SSSR count). The summed E-state index contributed by atoms with van der Waals surface area (Å²) < 4.78 is 35.2. The molecular weight excluding hydrogens is 328 g/mol. The van der Waals surface area contributed by atoms with E-state index in [9.17, 15) is 13.2 Å². The van der Waals surface area contributed by atoms with Crippen molar-refractivity contribution in [2.75, 3.05) is 0 Å². The van der Waals surface area contributed by atoms with Crippen molar-refractivity contribution in [3.05, 3.63) is 29.3 Å². The predicted molar refractivity (Wildman–Crippen MR) is 88.2 cm³/mol. The molecule has 0 bridgehead atoms. The Balaban J connectivity index is 1.65. The number of carbonyl (C=O) groups excluding carboxylic acids is 1. The van der Waals surface area contributed by atoms with Crippen molar-refractivity contribution < 1.29 is 21.9 Å². The normalized spacial score (nSPS) is 35.1. The molecule has 3 aliphatic carbocycles. The van der Waals surface area contributed by atoms with Crippen LogP contribution in [0.2, 0.25) is 0 Å². The second-order valence-electron chi connectivity index (χ2n) is 7.71. The van der Waals surface area contributed by atoms with Crippen molar-refractivity contribution in [3.63, 3.8) is 0 Å². The van der Waals surface area contributed by atoms with Crippen LogP contribution in [0.25, 0.3) is 0 Å². The summed E-state index contributed by atoms with van der Waals surface area (Å²) in [6.45, 7) is 2.15. The first-order valence-corrected chi connectivity index (χ1v) is 9.97. The smallest absolute Gasteiger partial charge is 0.362 e. The van der Waals surface area contributed by atoms with E-state index in [1.807, 2.05) is 6.07 Å². The molecule has 3 aliphatic rings. The van der Waals surface area contributed by atoms with Crippen LogP contribution in [0, 0.1) is 17.3 Å². The Kier molecular flexibility index (Phi) is 3.55. The number of fused-ring (bicyclic) bond motifs is 5. The minimum Gasteiger partial charge on any atom is -0.362 e. The Hall–Kier alpha value is -1.40. The third kappa shape index (κ3) is 2.47. The number of rotatable bonds is 2. The SMILES string of the molecule is C[C@@]12CC[C@H]3c4ccc(OS(=O)(=O)O)cc4CC[C@@H]3[C@@H]1CCC2=O. The number of carbonyl (C=O) groups is 1. The van der Waals surface area contributed by atoms with E-state index >= 15 is 0 Å². The lowest BCUT2D eigenvalue weighted by molar-refractivity contribution is -0.129. The Morgan fingerprint density at radius 3 is 2.75 bits per heavy atom. The second kappa shape index (κ2) is 5.30. The van der Waals surface area contributed by atoms with E-state index in [0.717, 1.165) is 44.1 Å². The molecule has 4 atom stereocenters. The summed E-state index contributed by atoms with van der Waals surface area (Å²) in [7, 11) is -4.49. The van der Waals surface area contributed by atoms with Crippen molar-refractivity contribution >= 4 is 16.2 Å². The van der Waals surface area contributed by atoms with E-state index < -0.39 is 10.4 Å². The van der Waals surface area contributed by atoms with Crippen LogP contribution in [-0.4, -0.2) is 18.8 Å². The lowest BCUT2D eigenvalue weighted by Crippen LogP contribution is -2.42. The van der Waals surface area contributed by atoms with E-state index in [4.69, 9.17) is 4.55 Å². The van der Waals surface area contributed by atoms with Gasteiger partial charge in [-0.05, 0) is 73.1 Å². The van der Waals surface area contributed by atoms with Crippen molar-refractivity contribution in [2.24, 2.45) is 17.3 Å². The zero-order valence-electron chi connectivity index (χ0n) is 13.7. The molecule has 6 heteroatoms. The Morgan fingerprint density at radius 1 is 1.21 bits per heavy atom. The molecule has 1 aromatic carbocycles. The van der Waals surface area contributed by atoms with Crippen LogP contribution in [0.3, 0.4) is 0 Å². The van der Waals surface area contributed by atoms with Gasteiger partial charge in [0.05, 0.1) is 0 Å². The highest BCUT2D eigenvalue weighted by atomic mass is 32.3. The molecule has 2 fully saturated rings. The second-order valence-corrected chi connectivity index (χ2v) is 8.73. The molecule has 1 aromatic rings. The average Bonchev–Trinajstić information content (AvgIpc) is 2.81. The first-order valence-electron chi connectivity index (χ1n) is 8.61. The van der Waals surface area contributed by atoms with Gasteiger partial charge in [0.2, 0.25) is 0 Å². The molecule has 0 saturated heterocycles. The summed E-state index contributed by atoms with van der Waals surface area (Å²) in [5.74, 6) is 2.05. The van der Waals surface area contributed by atoms with Gasteiger partial charge in [0, 0.05) is 11.8 Å². The maximum atomic E-state index is 12.3. The zero-order valence-corrected chi connectivity index (χ0v) is 14.5. The minimum atomic E-state index is -4.49. The van der Waals surface area contributed by atoms with E-state index in [1.54, 1.807) is 12.1 Å². The highest BCUT2D eigenvalue weighted by molar-refractivity contribution is 7.81. The molecule has 0 unspecified atom stereocenters. The highest BCUT2D eigenvalue weighted by Crippen LogP contribution is 2.59. The van der Waals surface area contributed by atoms with Gasteiger partial charge < -0.3 is 4.18 Å². The first kappa shape index (κ1) is 16.1. The molecule has 1 N–H and O–H groups in total. The fourth-order valence-corrected chi connectivity index (χ4v) is 5.85. The molecule has 0 aliphatic heterocycles. The van der Waals surface area contributed by atoms with Crippen molar-refractivity contribution in [2.45, 2.75) is 51.4 Å². The van der Waals surface area contributed by atoms with Crippen LogP contribution >= 0.6 is 0 Å². The van der Waals surface area contributed by atoms with Gasteiger partial charge in [0.1, 0.15) is 11.5 Å². The van der Waals surface area contributed by atoms with Crippen molar-refractivity contribution in [1.29, 1.82) is 0 Å². The summed E-state index contributed by atoms with van der Waals surface area (Å²) in [5, 5.41) is 0. The van der Waals surface area contributed by atoms with Gasteiger partial charge in [0.15, 0.2) is 0 Å². The van der Waals surface area contributed by atoms with E-state index in [1.165, 1.54) is 5.56 Å². The predicted octanol–water partition coefficient (Wildman–Crippen LogP) is 3.29. The summed E-state index contributed by atoms with van der Waals surface area (Å²) >= 11 is 0. The molecule has 2 saturated carbocycles. The quantitative estimate of drug-likeness (QED) is 0.828. The maximum absolute atomic E-state index is 12.3. The maximum Gasteiger partial charge on any atom is 0.446 e. The number of benzene rings is 1. The first-order chi connectivity index (χ1) is 11.3. The van der Waals surface area contributed by atoms with Gasteiger partial charge in [-0.15, -0.1) is 0 Å². The number of ketones is 1. The van der Waals surface area contributed by atoms with E-state index in [0.29, 0.717) is 23.5 Å². The van der Waals surface area contributed by atoms with Gasteiger partial charge >= 0.3 is 10.4 Å². The molecule has 0 amide bonds. The molecule has 24 heavy (non-hydrogen) atoms. The number of aryl methyl sites for hydroxylation is 1. The van der Waals surface area contributed by atoms with Gasteiger partial charge in [-0.2, -0.15) is 8.42 Å². The number of Topliss-reactive ketones (excluding diaryl/α,β-unsaturated/α-hetero) is 1. The van der Waals surface area contributed by atoms with Crippen molar-refractivity contribution in [1.82, 2.24) is 0 Å². The lowest BCUT2D eigenvalue weighted by atomic mass is 9.55. The molecule has 0 heterocycles. The number of hydrogen-bond donors (Lipinski definition) is 1. The van der Waals surface area contributed by atoms with Crippen LogP contribution in [0.5, 0.6) is 5.75 Å². The van der Waals surface area contributed by atoms with E-state index in [2.05, 4.69) is 11.1 Å². The molecule has 130 valence electrons. The zero-order chi connectivity index (χ0) is 17.1. The van der Waals surface area contributed by atoms with E-state index in [-0.39, 0.29) is 11.2 Å². The molecule has 0 aromatic heterocycles. The molecule has 5 nitrogen and oxygen atoms in total. The average molecular weight is 350 g/mol. The third-order valence-corrected chi connectivity index (χ3v) is 7.01. The lowest BCUT2D eigenvalue weighted by Gasteiger charge is -2.48. The van der Waals surface area contributed by atoms with Crippen LogP contribution in [0.1, 0.15) is 56.1 Å². The summed E-state index contributed by atoms with van der Waals surface area (Å²) in [5.41, 5.74) is 2.23. The third-order valence-electron chi connectivity index (χ3n) is 6.61. The number of hydrogen-bond acceptors (Lipinski definition) is 4. The fourth-order valence-electron chi connectivity index (χ4n) is 5.50. The van der Waals surface area contributed by atoms with Crippen LogP contribution < -0.4 is 4.18 Å². The van der Waals surface area contributed by atoms with Gasteiger partial charge in [-0.25, -0.2) is 0 Å². The highest BCUT2D eigenvalue weighted by Gasteiger charge is 2.54. The monoisotopic (exact) mass is 350 g/mol.